The topological polar surface area (TPSA) is 149 Å². The van der Waals surface area contributed by atoms with Gasteiger partial charge in [-0.1, -0.05) is 41.9 Å². The minimum Gasteiger partial charge on any atom is -0.487 e. The molecular weight excluding hydrogens is 868 g/mol. The van der Waals surface area contributed by atoms with E-state index in [0.29, 0.717) is 54.8 Å². The van der Waals surface area contributed by atoms with Gasteiger partial charge < -0.3 is 23.7 Å². The van der Waals surface area contributed by atoms with Gasteiger partial charge in [0.1, 0.15) is 41.5 Å². The zero-order valence-corrected chi connectivity index (χ0v) is 36.3. The van der Waals surface area contributed by atoms with Gasteiger partial charge in [-0.25, -0.2) is 24.1 Å². The molecule has 12 nitrogen and oxygen atoms in total. The fourth-order valence-electron chi connectivity index (χ4n) is 6.39. The quantitative estimate of drug-likeness (QED) is 0.0487. The zero-order valence-electron chi connectivity index (χ0n) is 34.7. The zero-order chi connectivity index (χ0) is 45.5. The molecule has 1 atom stereocenters. The summed E-state index contributed by atoms with van der Waals surface area (Å²) in [6.45, 7) is 7.76. The van der Waals surface area contributed by atoms with Crippen molar-refractivity contribution in [2.75, 3.05) is 13.2 Å². The van der Waals surface area contributed by atoms with Crippen LogP contribution >= 0.6 is 22.9 Å². The molecule has 0 fully saturated rings. The summed E-state index contributed by atoms with van der Waals surface area (Å²) in [6, 6.07) is 15.3. The highest BCUT2D eigenvalue weighted by Gasteiger charge is 2.30. The summed E-state index contributed by atoms with van der Waals surface area (Å²) in [6.07, 6.45) is -4.04. The summed E-state index contributed by atoms with van der Waals surface area (Å²) in [5.41, 5.74) is 3.10. The first-order chi connectivity index (χ1) is 29.9. The lowest BCUT2D eigenvalue weighted by Gasteiger charge is -2.21. The molecule has 3 aromatic heterocycles. The maximum Gasteiger partial charge on any atom is 0.392 e. The summed E-state index contributed by atoms with van der Waals surface area (Å²) in [4.78, 5) is 56.8. The van der Waals surface area contributed by atoms with E-state index in [9.17, 15) is 31.9 Å². The van der Waals surface area contributed by atoms with Crippen molar-refractivity contribution in [2.45, 2.75) is 78.4 Å². The number of ether oxygens (including phenoxy) is 5. The van der Waals surface area contributed by atoms with Gasteiger partial charge in [0.15, 0.2) is 6.29 Å². The number of hydrogen-bond acceptors (Lipinski definition) is 13. The third kappa shape index (κ3) is 12.0. The second-order valence-corrected chi connectivity index (χ2v) is 16.4. The summed E-state index contributed by atoms with van der Waals surface area (Å²) >= 11 is 7.96. The average molecular weight is 909 g/mol. The molecular formula is C45H41ClF4N4O8S. The molecule has 0 aliphatic heterocycles. The first-order valence-corrected chi connectivity index (χ1v) is 20.7. The third-order valence-corrected chi connectivity index (χ3v) is 10.8. The Balaban J connectivity index is 1.41. The molecule has 6 aromatic rings. The van der Waals surface area contributed by atoms with Crippen molar-refractivity contribution >= 4 is 51.4 Å². The van der Waals surface area contributed by atoms with E-state index in [0.717, 1.165) is 0 Å². The first-order valence-electron chi connectivity index (χ1n) is 19.5. The van der Waals surface area contributed by atoms with Crippen molar-refractivity contribution in [2.24, 2.45) is 0 Å². The van der Waals surface area contributed by atoms with Crippen molar-refractivity contribution in [1.82, 2.24) is 19.9 Å². The van der Waals surface area contributed by atoms with Crippen molar-refractivity contribution in [3.63, 3.8) is 0 Å². The molecule has 3 aromatic carbocycles. The van der Waals surface area contributed by atoms with Crippen LogP contribution in [0.1, 0.15) is 66.9 Å². The number of carbonyl (C=O) groups excluding carboxylic acids is 3. The van der Waals surface area contributed by atoms with Gasteiger partial charge in [-0.3, -0.25) is 9.59 Å². The number of aldehydes is 1. The molecule has 0 bridgehead atoms. The monoisotopic (exact) mass is 908 g/mol. The van der Waals surface area contributed by atoms with Gasteiger partial charge in [0.05, 0.1) is 35.6 Å². The Morgan fingerprint density at radius 3 is 2.43 bits per heavy atom. The van der Waals surface area contributed by atoms with E-state index in [1.807, 2.05) is 0 Å². The predicted molar refractivity (Wildman–Crippen MR) is 227 cm³/mol. The Morgan fingerprint density at radius 1 is 0.968 bits per heavy atom. The predicted octanol–water partition coefficient (Wildman–Crippen LogP) is 10.1. The second-order valence-electron chi connectivity index (χ2n) is 15.0. The van der Waals surface area contributed by atoms with Crippen LogP contribution in [0.25, 0.3) is 31.8 Å². The SMILES string of the molecule is CCOC(=O)C(Cc1cc(CC(=O)OC(C)(C)C)ccc1OCc1ccnc(OCCC(F)(F)F)n1)Oc1ncnc2sc(-c3ccc(F)cc3)c(-c3ccc(C=O)c(Cl)c3C)c12. The molecule has 0 N–H and O–H groups in total. The van der Waals surface area contributed by atoms with E-state index in [2.05, 4.69) is 19.9 Å². The highest BCUT2D eigenvalue weighted by atomic mass is 35.5. The summed E-state index contributed by atoms with van der Waals surface area (Å²) in [7, 11) is 0. The van der Waals surface area contributed by atoms with Gasteiger partial charge in [0.25, 0.3) is 0 Å². The van der Waals surface area contributed by atoms with Crippen molar-refractivity contribution in [3.8, 4) is 39.2 Å². The highest BCUT2D eigenvalue weighted by molar-refractivity contribution is 7.22. The number of carbonyl (C=O) groups is 3. The molecule has 0 aliphatic rings. The van der Waals surface area contributed by atoms with Crippen molar-refractivity contribution in [1.29, 1.82) is 0 Å². The highest BCUT2D eigenvalue weighted by Crippen LogP contribution is 2.49. The molecule has 330 valence electrons. The molecule has 0 aliphatic carbocycles. The molecule has 0 saturated carbocycles. The molecule has 0 saturated heterocycles. The van der Waals surface area contributed by atoms with Crippen LogP contribution in [0.15, 0.2) is 73.2 Å². The van der Waals surface area contributed by atoms with Crippen LogP contribution in [-0.2, 0) is 38.5 Å². The standard InChI is InChI=1S/C45H41ClF4N4O8S/c1-6-58-42(57)34(61-40-37-36(32-13-10-28(22-55)38(46)25(32)2)39(63-41(37)53-24-52-40)27-8-11-30(47)12-9-27)21-29-19-26(20-35(56)62-44(3,4)5)7-14-33(29)60-23-31-15-17-51-43(54-31)59-18-16-45(48,49)50/h7-15,17,19,22,24,34H,6,16,18,20-21,23H2,1-5H3. The van der Waals surface area contributed by atoms with Gasteiger partial charge in [-0.05, 0) is 92.8 Å². The molecule has 0 spiro atoms. The van der Waals surface area contributed by atoms with Gasteiger partial charge >= 0.3 is 24.1 Å². The molecule has 3 heterocycles. The molecule has 63 heavy (non-hydrogen) atoms. The molecule has 1 unspecified atom stereocenters. The number of thiophene rings is 1. The van der Waals surface area contributed by atoms with E-state index in [1.165, 1.54) is 42.1 Å². The summed E-state index contributed by atoms with van der Waals surface area (Å²) in [5.74, 6) is -1.44. The maximum atomic E-state index is 14.2. The lowest BCUT2D eigenvalue weighted by Crippen LogP contribution is -2.32. The van der Waals surface area contributed by atoms with Gasteiger partial charge in [0.2, 0.25) is 12.0 Å². The van der Waals surface area contributed by atoms with E-state index >= 15 is 0 Å². The number of nitrogens with zero attached hydrogens (tertiary/aromatic N) is 4. The van der Waals surface area contributed by atoms with E-state index in [1.54, 1.807) is 77.1 Å². The third-order valence-electron chi connectivity index (χ3n) is 9.16. The fraction of sp³-hybridized carbons (Fsp3) is 0.311. The number of hydrogen-bond donors (Lipinski definition) is 0. The Morgan fingerprint density at radius 2 is 1.73 bits per heavy atom. The lowest BCUT2D eigenvalue weighted by atomic mass is 9.95. The molecule has 6 rings (SSSR count). The summed E-state index contributed by atoms with van der Waals surface area (Å²) in [5, 5.41) is 0.628. The number of fused-ring (bicyclic) bond motifs is 1. The van der Waals surface area contributed by atoms with Crippen LogP contribution in [0, 0.1) is 12.7 Å². The number of rotatable bonds is 17. The van der Waals surface area contributed by atoms with E-state index < -0.39 is 48.7 Å². The molecule has 0 radical (unpaired) electrons. The lowest BCUT2D eigenvalue weighted by molar-refractivity contribution is -0.154. The Kier molecular flexibility index (Phi) is 14.6. The van der Waals surface area contributed by atoms with Gasteiger partial charge in [0, 0.05) is 28.6 Å². The van der Waals surface area contributed by atoms with Crippen LogP contribution in [0.2, 0.25) is 5.02 Å². The normalized spacial score (nSPS) is 12.2. The van der Waals surface area contributed by atoms with Crippen LogP contribution < -0.4 is 14.2 Å². The van der Waals surface area contributed by atoms with Crippen molar-refractivity contribution < 1.29 is 55.6 Å². The summed E-state index contributed by atoms with van der Waals surface area (Å²) < 4.78 is 81.2. The van der Waals surface area contributed by atoms with Crippen LogP contribution in [0.3, 0.4) is 0 Å². The smallest absolute Gasteiger partial charge is 0.392 e. The largest absolute Gasteiger partial charge is 0.487 e. The first kappa shape index (κ1) is 46.3. The fourth-order valence-corrected chi connectivity index (χ4v) is 7.75. The van der Waals surface area contributed by atoms with Crippen LogP contribution in [0.5, 0.6) is 17.6 Å². The number of halogens is 5. The van der Waals surface area contributed by atoms with E-state index in [4.69, 9.17) is 35.3 Å². The van der Waals surface area contributed by atoms with Crippen LogP contribution in [-0.4, -0.2) is 69.3 Å². The maximum absolute atomic E-state index is 14.2. The Labute approximate surface area is 368 Å². The van der Waals surface area contributed by atoms with Gasteiger partial charge in [-0.15, -0.1) is 11.3 Å². The van der Waals surface area contributed by atoms with Gasteiger partial charge in [-0.2, -0.15) is 18.2 Å². The average Bonchev–Trinajstić information content (AvgIpc) is 3.61. The minimum absolute atomic E-state index is 0.000194. The number of benzene rings is 3. The number of aromatic nitrogens is 4. The van der Waals surface area contributed by atoms with E-state index in [-0.39, 0.29) is 60.0 Å². The second kappa shape index (κ2) is 19.9. The minimum atomic E-state index is -4.42. The Hall–Kier alpha value is -6.20. The van der Waals surface area contributed by atoms with Crippen LogP contribution in [0.4, 0.5) is 17.6 Å². The Bertz CT molecular complexity index is 2620. The number of alkyl halides is 3. The molecule has 0 amide bonds. The number of esters is 2. The van der Waals surface area contributed by atoms with Crippen molar-refractivity contribution in [3.05, 3.63) is 112 Å². The molecule has 18 heteroatoms.